The van der Waals surface area contributed by atoms with Crippen LogP contribution in [0.15, 0.2) is 186 Å². The van der Waals surface area contributed by atoms with E-state index in [1.165, 1.54) is 12.3 Å². The highest BCUT2D eigenvalue weighted by Gasteiger charge is 2.39. The third-order valence-electron chi connectivity index (χ3n) is 9.03. The Morgan fingerprint density at radius 3 is 1.78 bits per heavy atom. The molecule has 0 saturated heterocycles. The fourth-order valence-corrected chi connectivity index (χ4v) is 6.54. The van der Waals surface area contributed by atoms with Gasteiger partial charge in [0.05, 0.1) is 24.2 Å². The van der Waals surface area contributed by atoms with E-state index in [1.807, 2.05) is 97.1 Å². The minimum absolute atomic E-state index is 0.0273. The standard InChI is InChI=1S/C44H32N4O3/c49-40-26-24-36(48-40)41(29-13-5-1-6-14-29)34-21-22-35(46-34)42(30-15-7-2-8-16-30)38-27-33(28-45-38)44(51,32-19-11-4-12-20-32)39-25-23-37(47-39)43(50)31-17-9-3-10-18-31/h1-28,46-47,51H,(H,48,49)/b41-36-,42-38-/i27D. The number of aliphatic hydroxyl groups is 1. The molecule has 2 aliphatic heterocycles. The van der Waals surface area contributed by atoms with Crippen molar-refractivity contribution in [3.05, 3.63) is 226 Å². The maximum absolute atomic E-state index is 13.4. The first kappa shape index (κ1) is 30.2. The average molecular weight is 666 g/mol. The molecule has 7 heteroatoms. The second kappa shape index (κ2) is 13.2. The smallest absolute Gasteiger partial charge is 0.248 e. The molecule has 4 heterocycles. The van der Waals surface area contributed by atoms with Crippen molar-refractivity contribution in [2.24, 2.45) is 4.99 Å². The van der Waals surface area contributed by atoms with Gasteiger partial charge < -0.3 is 20.4 Å². The molecule has 4 aromatic carbocycles. The summed E-state index contributed by atoms with van der Waals surface area (Å²) in [6, 6.07) is 44.8. The minimum atomic E-state index is -1.85. The highest BCUT2D eigenvalue weighted by atomic mass is 16.3. The van der Waals surface area contributed by atoms with Crippen LogP contribution in [0.4, 0.5) is 0 Å². The Bertz CT molecular complexity index is 2470. The summed E-state index contributed by atoms with van der Waals surface area (Å²) in [6.45, 7) is 0. The van der Waals surface area contributed by atoms with Crippen LogP contribution in [0.2, 0.25) is 0 Å². The van der Waals surface area contributed by atoms with Crippen molar-refractivity contribution in [3.63, 3.8) is 0 Å². The number of ketones is 1. The Kier molecular flexibility index (Phi) is 7.85. The van der Waals surface area contributed by atoms with E-state index in [2.05, 4.69) is 15.3 Å². The van der Waals surface area contributed by atoms with Crippen LogP contribution in [0.3, 0.4) is 0 Å². The number of carbonyl (C=O) groups is 2. The highest BCUT2D eigenvalue weighted by Crippen LogP contribution is 2.41. The van der Waals surface area contributed by atoms with E-state index in [-0.39, 0.29) is 23.3 Å². The number of nitrogens with one attached hydrogen (secondary N) is 3. The summed E-state index contributed by atoms with van der Waals surface area (Å²) in [7, 11) is 0. The van der Waals surface area contributed by atoms with Crippen LogP contribution in [-0.4, -0.2) is 33.0 Å². The summed E-state index contributed by atoms with van der Waals surface area (Å²) in [4.78, 5) is 37.1. The predicted molar refractivity (Wildman–Crippen MR) is 200 cm³/mol. The van der Waals surface area contributed by atoms with Crippen LogP contribution in [0.5, 0.6) is 0 Å². The largest absolute Gasteiger partial charge is 0.374 e. The molecule has 8 rings (SSSR count). The predicted octanol–water partition coefficient (Wildman–Crippen LogP) is 7.73. The average Bonchev–Trinajstić information content (AvgIpc) is 4.03. The third kappa shape index (κ3) is 5.92. The first-order valence-electron chi connectivity index (χ1n) is 17.0. The quantitative estimate of drug-likeness (QED) is 0.119. The van der Waals surface area contributed by atoms with Crippen molar-refractivity contribution in [3.8, 4) is 0 Å². The number of aromatic nitrogens is 2. The molecule has 0 saturated carbocycles. The fourth-order valence-electron chi connectivity index (χ4n) is 6.54. The lowest BCUT2D eigenvalue weighted by atomic mass is 9.83. The van der Waals surface area contributed by atoms with Gasteiger partial charge in [-0.3, -0.25) is 14.6 Å². The van der Waals surface area contributed by atoms with E-state index in [9.17, 15) is 16.1 Å². The van der Waals surface area contributed by atoms with Gasteiger partial charge in [-0.1, -0.05) is 121 Å². The van der Waals surface area contributed by atoms with Crippen molar-refractivity contribution in [2.75, 3.05) is 0 Å². The maximum atomic E-state index is 13.4. The van der Waals surface area contributed by atoms with Crippen LogP contribution < -0.4 is 5.32 Å². The number of rotatable bonds is 9. The molecule has 7 nitrogen and oxygen atoms in total. The zero-order chi connectivity index (χ0) is 35.7. The first-order valence-corrected chi connectivity index (χ1v) is 16.5. The van der Waals surface area contributed by atoms with E-state index in [0.29, 0.717) is 45.2 Å². The summed E-state index contributed by atoms with van der Waals surface area (Å²) in [5.41, 5.74) is 5.77. The molecule has 0 spiro atoms. The van der Waals surface area contributed by atoms with E-state index in [4.69, 9.17) is 4.99 Å². The molecule has 6 aromatic rings. The number of amides is 1. The molecule has 246 valence electrons. The molecule has 4 N–H and O–H groups in total. The summed E-state index contributed by atoms with van der Waals surface area (Å²) < 4.78 is 9.62. The molecule has 2 aliphatic rings. The van der Waals surface area contributed by atoms with Gasteiger partial charge in [0.2, 0.25) is 11.7 Å². The van der Waals surface area contributed by atoms with Crippen LogP contribution in [0.1, 0.15) is 51.2 Å². The van der Waals surface area contributed by atoms with Crippen LogP contribution in [0, 0.1) is 0 Å². The number of nitrogens with zero attached hydrogens (tertiary/aromatic N) is 1. The van der Waals surface area contributed by atoms with Crippen LogP contribution >= 0.6 is 0 Å². The molecule has 51 heavy (non-hydrogen) atoms. The molecule has 1 unspecified atom stereocenters. The van der Waals surface area contributed by atoms with Crippen molar-refractivity contribution >= 4 is 29.1 Å². The van der Waals surface area contributed by atoms with Gasteiger partial charge in [-0.15, -0.1) is 0 Å². The second-order valence-corrected chi connectivity index (χ2v) is 12.2. The molecule has 0 aliphatic carbocycles. The Morgan fingerprint density at radius 2 is 1.18 bits per heavy atom. The zero-order valence-corrected chi connectivity index (χ0v) is 27.3. The van der Waals surface area contributed by atoms with Gasteiger partial charge >= 0.3 is 0 Å². The topological polar surface area (TPSA) is 110 Å². The van der Waals surface area contributed by atoms with Gasteiger partial charge in [0.25, 0.3) is 0 Å². The molecule has 1 amide bonds. The van der Waals surface area contributed by atoms with Crippen molar-refractivity contribution in [1.82, 2.24) is 15.3 Å². The van der Waals surface area contributed by atoms with Gasteiger partial charge in [-0.25, -0.2) is 0 Å². The van der Waals surface area contributed by atoms with E-state index < -0.39 is 5.60 Å². The van der Waals surface area contributed by atoms with Gasteiger partial charge in [0.1, 0.15) is 0 Å². The number of hydrogen-bond donors (Lipinski definition) is 4. The zero-order valence-electron chi connectivity index (χ0n) is 28.3. The number of aliphatic imine (C=N–C) groups is 1. The summed E-state index contributed by atoms with van der Waals surface area (Å²) in [6.07, 6.45) is 4.81. The van der Waals surface area contributed by atoms with Crippen LogP contribution in [-0.2, 0) is 10.4 Å². The Balaban J connectivity index is 1.28. The first-order chi connectivity index (χ1) is 25.4. The van der Waals surface area contributed by atoms with Crippen molar-refractivity contribution < 1.29 is 16.1 Å². The lowest BCUT2D eigenvalue weighted by Gasteiger charge is -2.28. The number of hydrogen-bond acceptors (Lipinski definition) is 4. The maximum Gasteiger partial charge on any atom is 0.248 e. The van der Waals surface area contributed by atoms with Crippen molar-refractivity contribution in [2.45, 2.75) is 5.60 Å². The summed E-state index contributed by atoms with van der Waals surface area (Å²) in [5.74, 6) is -0.405. The Morgan fingerprint density at radius 1 is 0.627 bits per heavy atom. The van der Waals surface area contributed by atoms with E-state index >= 15 is 0 Å². The molecule has 2 aromatic heterocycles. The summed E-state index contributed by atoms with van der Waals surface area (Å²) in [5, 5.41) is 15.7. The molecule has 0 bridgehead atoms. The number of benzene rings is 4. The highest BCUT2D eigenvalue weighted by molar-refractivity contribution is 6.08. The Hall–Kier alpha value is -6.83. The minimum Gasteiger partial charge on any atom is -0.374 e. The van der Waals surface area contributed by atoms with E-state index in [1.54, 1.807) is 54.6 Å². The third-order valence-corrected chi connectivity index (χ3v) is 9.03. The van der Waals surface area contributed by atoms with Crippen LogP contribution in [0.25, 0.3) is 11.1 Å². The number of aromatic amines is 2. The van der Waals surface area contributed by atoms with E-state index in [0.717, 1.165) is 22.4 Å². The number of H-pyrrole nitrogens is 2. The van der Waals surface area contributed by atoms with Gasteiger partial charge in [-0.05, 0) is 53.1 Å². The normalized spacial score (nSPS) is 17.3. The van der Waals surface area contributed by atoms with Gasteiger partial charge in [0, 0.05) is 46.0 Å². The molecular weight excluding hydrogens is 633 g/mol. The Labute approximate surface area is 296 Å². The number of carbonyl (C=O) groups excluding carboxylic acids is 2. The monoisotopic (exact) mass is 665 g/mol. The van der Waals surface area contributed by atoms with Gasteiger partial charge in [0.15, 0.2) is 5.60 Å². The molecular formula is C44H32N4O3. The SMILES string of the molecule is [2H]C1=C(C(O)(c2ccccc2)c2ccc(C(=O)c3ccccc3)[nH]2)C=N/C1=C(/c1ccccc1)c1ccc(/C(=C2/C=CC(=O)N2)c2ccccc2)[nH]1. The number of allylic oxidation sites excluding steroid dienone is 2. The lowest BCUT2D eigenvalue weighted by molar-refractivity contribution is -0.115. The molecule has 0 fully saturated rings. The van der Waals surface area contributed by atoms with Gasteiger partial charge in [-0.2, -0.15) is 0 Å². The molecule has 0 radical (unpaired) electrons. The summed E-state index contributed by atoms with van der Waals surface area (Å²) >= 11 is 0. The van der Waals surface area contributed by atoms with Crippen molar-refractivity contribution in [1.29, 1.82) is 0 Å². The molecule has 1 atom stereocenters. The fraction of sp³-hybridized carbons (Fsp3) is 0.0227. The lowest BCUT2D eigenvalue weighted by Crippen LogP contribution is -2.30. The second-order valence-electron chi connectivity index (χ2n) is 12.2.